The Kier molecular flexibility index (Phi) is 7.69. The van der Waals surface area contributed by atoms with Crippen molar-refractivity contribution in [2.75, 3.05) is 26.1 Å². The number of hydrogen-bond donors (Lipinski definition) is 1. The predicted octanol–water partition coefficient (Wildman–Crippen LogP) is 3.78. The summed E-state index contributed by atoms with van der Waals surface area (Å²) in [5.74, 6) is 0.652. The molecular formula is C25H26N4O6S2. The van der Waals surface area contributed by atoms with E-state index in [1.807, 2.05) is 26.0 Å². The van der Waals surface area contributed by atoms with Crippen molar-refractivity contribution in [3.63, 3.8) is 0 Å². The van der Waals surface area contributed by atoms with Crippen LogP contribution in [0.4, 0.5) is 0 Å². The van der Waals surface area contributed by atoms with E-state index < -0.39 is 15.7 Å². The average Bonchev–Trinajstić information content (AvgIpc) is 3.29. The van der Waals surface area contributed by atoms with E-state index in [0.29, 0.717) is 23.7 Å². The fourth-order valence-electron chi connectivity index (χ4n) is 3.61. The number of amidine groups is 2. The van der Waals surface area contributed by atoms with E-state index in [1.165, 1.54) is 20.1 Å². The number of aryl methyl sites for hydroxylation is 2. The lowest BCUT2D eigenvalue weighted by molar-refractivity contribution is -0.114. The van der Waals surface area contributed by atoms with Gasteiger partial charge in [0.05, 0.1) is 18.4 Å². The molecule has 2 aliphatic heterocycles. The third kappa shape index (κ3) is 5.86. The van der Waals surface area contributed by atoms with Crippen molar-refractivity contribution >= 4 is 49.0 Å². The highest BCUT2D eigenvalue weighted by Crippen LogP contribution is 2.32. The average molecular weight is 543 g/mol. The number of fused-ring (bicyclic) bond motifs is 1. The number of aliphatic imine (C=N–C) groups is 1. The largest absolute Gasteiger partial charge is 0.493 e. The molecule has 0 aromatic heterocycles. The van der Waals surface area contributed by atoms with Crippen LogP contribution in [0.3, 0.4) is 0 Å². The van der Waals surface area contributed by atoms with E-state index >= 15 is 0 Å². The number of rotatable bonds is 8. The molecule has 2 aromatic rings. The summed E-state index contributed by atoms with van der Waals surface area (Å²) in [5.41, 5.74) is 2.78. The quantitative estimate of drug-likeness (QED) is 0.394. The summed E-state index contributed by atoms with van der Waals surface area (Å²) in [6, 6.07) is 11.1. The standard InChI is InChI=1S/C25H26N4O6S2/c1-5-37(31,32)25-28-29-22(26)19(23(30)27-24(29)36-25)13-17-6-7-20(21(14-17)33-4)35-9-8-34-18-11-15(2)10-16(3)12-18/h6-7,10-14,26H,5,8-9H2,1-4H3/b19-13+,26-22?. The molecule has 0 atom stereocenters. The zero-order valence-corrected chi connectivity index (χ0v) is 22.4. The minimum absolute atomic E-state index is 0.0270. The van der Waals surface area contributed by atoms with E-state index in [4.69, 9.17) is 19.6 Å². The molecule has 2 aliphatic rings. The number of benzene rings is 2. The molecule has 1 N–H and O–H groups in total. The van der Waals surface area contributed by atoms with Crippen molar-refractivity contribution in [3.8, 4) is 17.2 Å². The number of thioether (sulfide) groups is 1. The molecule has 0 saturated heterocycles. The van der Waals surface area contributed by atoms with Gasteiger partial charge in [0.1, 0.15) is 19.0 Å². The van der Waals surface area contributed by atoms with Crippen molar-refractivity contribution in [1.29, 1.82) is 5.41 Å². The van der Waals surface area contributed by atoms with Crippen LogP contribution in [0.5, 0.6) is 17.2 Å². The Morgan fingerprint density at radius 1 is 1.05 bits per heavy atom. The molecule has 0 saturated carbocycles. The van der Waals surface area contributed by atoms with E-state index in [2.05, 4.69) is 16.2 Å². The maximum absolute atomic E-state index is 12.6. The van der Waals surface area contributed by atoms with Gasteiger partial charge >= 0.3 is 0 Å². The van der Waals surface area contributed by atoms with Crippen molar-refractivity contribution in [1.82, 2.24) is 5.01 Å². The lowest BCUT2D eigenvalue weighted by atomic mass is 10.1. The van der Waals surface area contributed by atoms with Crippen LogP contribution in [0, 0.1) is 19.3 Å². The van der Waals surface area contributed by atoms with Crippen molar-refractivity contribution in [2.45, 2.75) is 20.8 Å². The molecule has 0 bridgehead atoms. The molecule has 4 rings (SSSR count). The summed E-state index contributed by atoms with van der Waals surface area (Å²) in [6.45, 7) is 6.15. The Hall–Kier alpha value is -3.64. The summed E-state index contributed by atoms with van der Waals surface area (Å²) in [7, 11) is -2.09. The number of amides is 1. The van der Waals surface area contributed by atoms with Crippen LogP contribution < -0.4 is 14.2 Å². The Labute approximate surface area is 219 Å². The molecular weight excluding hydrogens is 516 g/mol. The second-order valence-corrected chi connectivity index (χ2v) is 11.6. The molecule has 10 nitrogen and oxygen atoms in total. The predicted molar refractivity (Wildman–Crippen MR) is 144 cm³/mol. The number of nitrogens with zero attached hydrogens (tertiary/aromatic N) is 3. The highest BCUT2D eigenvalue weighted by Gasteiger charge is 2.39. The number of sulfone groups is 1. The van der Waals surface area contributed by atoms with Crippen LogP contribution >= 0.6 is 11.8 Å². The van der Waals surface area contributed by atoms with E-state index in [9.17, 15) is 13.2 Å². The summed E-state index contributed by atoms with van der Waals surface area (Å²) >= 11 is 0.761. The van der Waals surface area contributed by atoms with Gasteiger partial charge in [0.25, 0.3) is 5.91 Å². The fraction of sp³-hybridized carbons (Fsp3) is 0.280. The third-order valence-electron chi connectivity index (χ3n) is 5.39. The molecule has 2 heterocycles. The monoisotopic (exact) mass is 542 g/mol. The van der Waals surface area contributed by atoms with Gasteiger partial charge in [0, 0.05) is 0 Å². The second kappa shape index (κ2) is 10.8. The van der Waals surface area contributed by atoms with Gasteiger partial charge in [-0.25, -0.2) is 8.42 Å². The molecule has 0 unspecified atom stereocenters. The van der Waals surface area contributed by atoms with Gasteiger partial charge < -0.3 is 14.2 Å². The molecule has 0 radical (unpaired) electrons. The number of carbonyl (C=O) groups is 1. The van der Waals surface area contributed by atoms with E-state index in [1.54, 1.807) is 18.2 Å². The molecule has 0 aliphatic carbocycles. The number of carbonyl (C=O) groups excluding carboxylic acids is 1. The van der Waals surface area contributed by atoms with Gasteiger partial charge in [0.15, 0.2) is 17.3 Å². The van der Waals surface area contributed by atoms with Crippen molar-refractivity contribution in [2.24, 2.45) is 10.1 Å². The summed E-state index contributed by atoms with van der Waals surface area (Å²) in [4.78, 5) is 16.6. The third-order valence-corrected chi connectivity index (χ3v) is 8.47. The van der Waals surface area contributed by atoms with Crippen LogP contribution in [0.25, 0.3) is 6.08 Å². The first kappa shape index (κ1) is 26.4. The zero-order chi connectivity index (χ0) is 26.7. The minimum atomic E-state index is -3.59. The van der Waals surface area contributed by atoms with Crippen LogP contribution in [0.1, 0.15) is 23.6 Å². The number of nitrogens with one attached hydrogen (secondary N) is 1. The lowest BCUT2D eigenvalue weighted by Crippen LogP contribution is -2.35. The topological polar surface area (TPSA) is 131 Å². The molecule has 0 spiro atoms. The molecule has 194 valence electrons. The van der Waals surface area contributed by atoms with Crippen LogP contribution in [-0.4, -0.2) is 60.8 Å². The summed E-state index contributed by atoms with van der Waals surface area (Å²) in [5, 5.41) is 13.5. The number of methoxy groups -OCH3 is 1. The van der Waals surface area contributed by atoms with Crippen molar-refractivity contribution < 1.29 is 27.4 Å². The Morgan fingerprint density at radius 2 is 1.76 bits per heavy atom. The molecule has 37 heavy (non-hydrogen) atoms. The zero-order valence-electron chi connectivity index (χ0n) is 20.8. The normalized spacial score (nSPS) is 16.4. The number of ether oxygens (including phenoxy) is 3. The van der Waals surface area contributed by atoms with Crippen LogP contribution in [0.15, 0.2) is 52.1 Å². The summed E-state index contributed by atoms with van der Waals surface area (Å²) in [6.07, 6.45) is 1.48. The minimum Gasteiger partial charge on any atom is -0.493 e. The molecule has 2 aromatic carbocycles. The molecule has 1 amide bonds. The maximum atomic E-state index is 12.6. The first-order chi connectivity index (χ1) is 17.6. The van der Waals surface area contributed by atoms with Crippen molar-refractivity contribution in [3.05, 3.63) is 58.7 Å². The number of hydrazone groups is 1. The highest BCUT2D eigenvalue weighted by atomic mass is 32.3. The Balaban J connectivity index is 1.46. The van der Waals surface area contributed by atoms with Crippen LogP contribution in [0.2, 0.25) is 0 Å². The van der Waals surface area contributed by atoms with Gasteiger partial charge in [-0.1, -0.05) is 19.1 Å². The molecule has 0 fully saturated rings. The Bertz CT molecular complexity index is 1440. The maximum Gasteiger partial charge on any atom is 0.283 e. The van der Waals surface area contributed by atoms with Gasteiger partial charge in [0.2, 0.25) is 19.4 Å². The fourth-order valence-corrected chi connectivity index (χ4v) is 5.77. The van der Waals surface area contributed by atoms with Gasteiger partial charge in [-0.15, -0.1) is 5.10 Å². The van der Waals surface area contributed by atoms with E-state index in [0.717, 1.165) is 33.6 Å². The second-order valence-electron chi connectivity index (χ2n) is 8.22. The highest BCUT2D eigenvalue weighted by molar-refractivity contribution is 8.42. The first-order valence-electron chi connectivity index (χ1n) is 11.4. The van der Waals surface area contributed by atoms with Gasteiger partial charge in [-0.2, -0.15) is 10.0 Å². The van der Waals surface area contributed by atoms with Gasteiger partial charge in [-0.05, 0) is 72.6 Å². The number of hydrogen-bond acceptors (Lipinski definition) is 9. The Morgan fingerprint density at radius 3 is 2.43 bits per heavy atom. The van der Waals surface area contributed by atoms with E-state index in [-0.39, 0.29) is 33.3 Å². The van der Waals surface area contributed by atoms with Gasteiger partial charge in [-0.3, -0.25) is 10.2 Å². The van der Waals surface area contributed by atoms with Crippen LogP contribution in [-0.2, 0) is 14.6 Å². The SMILES string of the molecule is CCS(=O)(=O)C1=NN2C(=N)/C(=C\c3ccc(OCCOc4cc(C)cc(C)c4)c(OC)c3)C(=O)N=C2S1. The smallest absolute Gasteiger partial charge is 0.283 e. The molecule has 12 heteroatoms. The lowest BCUT2D eigenvalue weighted by Gasteiger charge is -2.20. The first-order valence-corrected chi connectivity index (χ1v) is 13.8. The summed E-state index contributed by atoms with van der Waals surface area (Å²) < 4.78 is 41.2.